The molecule has 3 rings (SSSR count). The van der Waals surface area contributed by atoms with Crippen molar-refractivity contribution >= 4 is 22.8 Å². The molecule has 0 fully saturated rings. The topological polar surface area (TPSA) is 79.5 Å². The Morgan fingerprint density at radius 1 is 1.07 bits per heavy atom. The van der Waals surface area contributed by atoms with Gasteiger partial charge in [-0.05, 0) is 61.2 Å². The van der Waals surface area contributed by atoms with Gasteiger partial charge in [-0.25, -0.2) is 8.78 Å². The van der Waals surface area contributed by atoms with Crippen LogP contribution in [-0.2, 0) is 4.79 Å². The number of nitrogens with zero attached hydrogens (tertiary/aromatic N) is 1. The van der Waals surface area contributed by atoms with Gasteiger partial charge in [0.1, 0.15) is 5.75 Å². The first kappa shape index (κ1) is 20.5. The summed E-state index contributed by atoms with van der Waals surface area (Å²) in [5.41, 5.74) is 1.13. The summed E-state index contributed by atoms with van der Waals surface area (Å²) >= 11 is 0. The maximum absolute atomic E-state index is 13.7. The van der Waals surface area contributed by atoms with Gasteiger partial charge in [0, 0.05) is 16.6 Å². The van der Waals surface area contributed by atoms with Crippen LogP contribution in [0, 0.1) is 24.5 Å². The molecule has 2 N–H and O–H groups in total. The molecule has 0 aliphatic heterocycles. The predicted octanol–water partition coefficient (Wildman–Crippen LogP) is 4.84. The number of benzene rings is 2. The highest BCUT2D eigenvalue weighted by atomic mass is 19.2. The van der Waals surface area contributed by atoms with Crippen LogP contribution in [0.1, 0.15) is 47.8 Å². The molecule has 7 heteroatoms. The first-order chi connectivity index (χ1) is 13.6. The number of aromatic nitrogens is 1. The lowest BCUT2D eigenvalue weighted by molar-refractivity contribution is -0.139. The molecule has 0 spiro atoms. The van der Waals surface area contributed by atoms with E-state index >= 15 is 0 Å². The van der Waals surface area contributed by atoms with E-state index in [1.54, 1.807) is 6.92 Å². The summed E-state index contributed by atoms with van der Waals surface area (Å²) in [6.45, 7) is 5.41. The average molecular weight is 401 g/mol. The predicted molar refractivity (Wildman–Crippen MR) is 104 cm³/mol. The van der Waals surface area contributed by atoms with Crippen LogP contribution in [-0.4, -0.2) is 26.7 Å². The van der Waals surface area contributed by atoms with E-state index in [-0.39, 0.29) is 17.2 Å². The van der Waals surface area contributed by atoms with E-state index in [0.29, 0.717) is 28.6 Å². The summed E-state index contributed by atoms with van der Waals surface area (Å²) in [7, 11) is 0. The minimum atomic E-state index is -1.15. The number of phenolic OH excluding ortho intramolecular Hbond substituents is 1. The number of carbonyl (C=O) groups is 2. The number of carbonyl (C=O) groups excluding carboxylic acids is 1. The van der Waals surface area contributed by atoms with Gasteiger partial charge in [-0.2, -0.15) is 0 Å². The maximum atomic E-state index is 13.7. The zero-order valence-electron chi connectivity index (χ0n) is 16.2. The van der Waals surface area contributed by atoms with E-state index in [2.05, 4.69) is 0 Å². The number of carboxylic acid groups (broad SMARTS) is 1. The van der Waals surface area contributed by atoms with Crippen LogP contribution < -0.4 is 0 Å². The molecule has 29 heavy (non-hydrogen) atoms. The molecule has 0 aliphatic carbocycles. The summed E-state index contributed by atoms with van der Waals surface area (Å²) in [4.78, 5) is 25.1. The third-order valence-electron chi connectivity index (χ3n) is 4.96. The van der Waals surface area contributed by atoms with Crippen LogP contribution >= 0.6 is 0 Å². The first-order valence-corrected chi connectivity index (χ1v) is 9.18. The number of halogens is 2. The molecular formula is C22H21F2NO4. The summed E-state index contributed by atoms with van der Waals surface area (Å²) < 4.78 is 28.2. The summed E-state index contributed by atoms with van der Waals surface area (Å²) in [6, 6.07) is 7.17. The van der Waals surface area contributed by atoms with E-state index < -0.39 is 29.4 Å². The van der Waals surface area contributed by atoms with Gasteiger partial charge in [-0.1, -0.05) is 13.8 Å². The lowest BCUT2D eigenvalue weighted by atomic mass is 9.88. The SMILES string of the molecule is Cc1c(C(CC(C)C)C(=O)O)c2cc(O)ccc2n1C(=O)c1ccc(F)c(F)c1. The van der Waals surface area contributed by atoms with Crippen molar-refractivity contribution in [1.82, 2.24) is 4.57 Å². The van der Waals surface area contributed by atoms with E-state index in [4.69, 9.17) is 0 Å². The highest BCUT2D eigenvalue weighted by Gasteiger charge is 2.30. The van der Waals surface area contributed by atoms with Crippen LogP contribution in [0.4, 0.5) is 8.78 Å². The Morgan fingerprint density at radius 3 is 2.34 bits per heavy atom. The fourth-order valence-corrected chi connectivity index (χ4v) is 3.70. The Labute approximate surface area is 166 Å². The van der Waals surface area contributed by atoms with Gasteiger partial charge in [0.15, 0.2) is 11.6 Å². The molecule has 1 unspecified atom stereocenters. The Morgan fingerprint density at radius 2 is 1.76 bits per heavy atom. The van der Waals surface area contributed by atoms with Crippen molar-refractivity contribution in [3.8, 4) is 5.75 Å². The normalized spacial score (nSPS) is 12.5. The van der Waals surface area contributed by atoms with Gasteiger partial charge in [-0.15, -0.1) is 0 Å². The summed E-state index contributed by atoms with van der Waals surface area (Å²) in [6.07, 6.45) is 0.338. The lowest BCUT2D eigenvalue weighted by Crippen LogP contribution is -2.17. The van der Waals surface area contributed by atoms with Gasteiger partial charge >= 0.3 is 5.97 Å². The van der Waals surface area contributed by atoms with Gasteiger partial charge in [-0.3, -0.25) is 14.2 Å². The van der Waals surface area contributed by atoms with E-state index in [1.165, 1.54) is 28.8 Å². The van der Waals surface area contributed by atoms with Gasteiger partial charge < -0.3 is 10.2 Å². The molecule has 1 atom stereocenters. The number of fused-ring (bicyclic) bond motifs is 1. The Kier molecular flexibility index (Phi) is 5.42. The van der Waals surface area contributed by atoms with Crippen molar-refractivity contribution in [1.29, 1.82) is 0 Å². The molecule has 0 saturated carbocycles. The molecule has 0 bridgehead atoms. The third kappa shape index (κ3) is 3.72. The molecule has 3 aromatic rings. The minimum Gasteiger partial charge on any atom is -0.508 e. The number of phenols is 1. The van der Waals surface area contributed by atoms with Gasteiger partial charge in [0.2, 0.25) is 0 Å². The van der Waals surface area contributed by atoms with Crippen molar-refractivity contribution in [2.45, 2.75) is 33.1 Å². The highest BCUT2D eigenvalue weighted by Crippen LogP contribution is 2.37. The van der Waals surface area contributed by atoms with E-state index in [1.807, 2.05) is 13.8 Å². The van der Waals surface area contributed by atoms with Crippen LogP contribution in [0.5, 0.6) is 5.75 Å². The Bertz CT molecular complexity index is 1120. The fourth-order valence-electron chi connectivity index (χ4n) is 3.70. The number of carboxylic acids is 1. The largest absolute Gasteiger partial charge is 0.508 e. The number of hydrogen-bond donors (Lipinski definition) is 2. The van der Waals surface area contributed by atoms with E-state index in [0.717, 1.165) is 12.1 Å². The highest BCUT2D eigenvalue weighted by molar-refractivity contribution is 6.05. The molecule has 0 amide bonds. The summed E-state index contributed by atoms with van der Waals surface area (Å²) in [5.74, 6) is -4.74. The van der Waals surface area contributed by atoms with Crippen LogP contribution in [0.2, 0.25) is 0 Å². The molecule has 5 nitrogen and oxygen atoms in total. The van der Waals surface area contributed by atoms with Gasteiger partial charge in [0.05, 0.1) is 11.4 Å². The molecular weight excluding hydrogens is 380 g/mol. The molecule has 0 radical (unpaired) electrons. The van der Waals surface area contributed by atoms with Crippen LogP contribution in [0.15, 0.2) is 36.4 Å². The second-order valence-electron chi connectivity index (χ2n) is 7.49. The van der Waals surface area contributed by atoms with Crippen molar-refractivity contribution in [2.75, 3.05) is 0 Å². The van der Waals surface area contributed by atoms with Crippen LogP contribution in [0.3, 0.4) is 0 Å². The number of aromatic hydroxyl groups is 1. The standard InChI is InChI=1S/C22H21F2NO4/c1-11(2)8-16(22(28)29)20-12(3)25(19-7-5-14(26)10-15(19)20)21(27)13-4-6-17(23)18(24)9-13/h4-7,9-11,16,26H,8H2,1-3H3,(H,28,29). The minimum absolute atomic E-state index is 0.0649. The molecule has 1 aromatic heterocycles. The summed E-state index contributed by atoms with van der Waals surface area (Å²) in [5, 5.41) is 20.2. The molecule has 0 aliphatic rings. The molecule has 152 valence electrons. The zero-order valence-corrected chi connectivity index (χ0v) is 16.2. The lowest BCUT2D eigenvalue weighted by Gasteiger charge is -2.16. The zero-order chi connectivity index (χ0) is 21.5. The smallest absolute Gasteiger partial charge is 0.311 e. The Balaban J connectivity index is 2.28. The van der Waals surface area contributed by atoms with Crippen molar-refractivity contribution in [2.24, 2.45) is 5.92 Å². The Hall–Kier alpha value is -3.22. The molecule has 2 aromatic carbocycles. The third-order valence-corrected chi connectivity index (χ3v) is 4.96. The van der Waals surface area contributed by atoms with Gasteiger partial charge in [0.25, 0.3) is 5.91 Å². The molecule has 0 saturated heterocycles. The second kappa shape index (κ2) is 7.66. The van der Waals surface area contributed by atoms with E-state index in [9.17, 15) is 28.6 Å². The number of hydrogen-bond acceptors (Lipinski definition) is 3. The molecule has 1 heterocycles. The average Bonchev–Trinajstić information content (AvgIpc) is 2.92. The second-order valence-corrected chi connectivity index (χ2v) is 7.49. The van der Waals surface area contributed by atoms with Crippen LogP contribution in [0.25, 0.3) is 10.9 Å². The maximum Gasteiger partial charge on any atom is 0.311 e. The van der Waals surface area contributed by atoms with Crippen molar-refractivity contribution < 1.29 is 28.6 Å². The first-order valence-electron chi connectivity index (χ1n) is 9.18. The van der Waals surface area contributed by atoms with Crippen molar-refractivity contribution in [3.63, 3.8) is 0 Å². The quantitative estimate of drug-likeness (QED) is 0.641. The monoisotopic (exact) mass is 401 g/mol. The number of aliphatic carboxylic acids is 1. The fraction of sp³-hybridized carbons (Fsp3) is 0.273. The number of rotatable bonds is 5. The van der Waals surface area contributed by atoms with Crippen molar-refractivity contribution in [3.05, 3.63) is 64.9 Å².